The summed E-state index contributed by atoms with van der Waals surface area (Å²) in [7, 11) is 0. The molecule has 7 rings (SSSR count). The van der Waals surface area contributed by atoms with Gasteiger partial charge in [-0.25, -0.2) is 0 Å². The topological polar surface area (TPSA) is 20.2 Å². The molecule has 2 aliphatic rings. The van der Waals surface area contributed by atoms with Gasteiger partial charge in [0.05, 0.1) is 0 Å². The van der Waals surface area contributed by atoms with Crippen molar-refractivity contribution in [1.82, 2.24) is 0 Å². The van der Waals surface area contributed by atoms with E-state index in [1.807, 2.05) is 0 Å². The van der Waals surface area contributed by atoms with E-state index in [-0.39, 0.29) is 16.2 Å². The molecule has 0 aromatic heterocycles. The van der Waals surface area contributed by atoms with Crippen LogP contribution in [-0.2, 0) is 5.41 Å². The van der Waals surface area contributed by atoms with Gasteiger partial charge in [0.2, 0.25) is 0 Å². The van der Waals surface area contributed by atoms with Crippen LogP contribution in [0.2, 0.25) is 0 Å². The van der Waals surface area contributed by atoms with Gasteiger partial charge < -0.3 is 5.11 Å². The third-order valence-corrected chi connectivity index (χ3v) is 9.53. The highest BCUT2D eigenvalue weighted by Crippen LogP contribution is 2.65. The average Bonchev–Trinajstić information content (AvgIpc) is 3.09. The van der Waals surface area contributed by atoms with Crippen LogP contribution in [0, 0.1) is 24.7 Å². The van der Waals surface area contributed by atoms with Crippen LogP contribution in [0.25, 0.3) is 43.8 Å². The Morgan fingerprint density at radius 3 is 2.08 bits per heavy atom. The molecule has 1 spiro atoms. The monoisotopic (exact) mass is 510 g/mol. The van der Waals surface area contributed by atoms with E-state index in [9.17, 15) is 5.11 Å². The Balaban J connectivity index is 1.54. The summed E-state index contributed by atoms with van der Waals surface area (Å²) in [6, 6.07) is 28.8. The summed E-state index contributed by atoms with van der Waals surface area (Å²) in [5.74, 6) is 0.398. The van der Waals surface area contributed by atoms with E-state index in [0.29, 0.717) is 5.75 Å². The van der Waals surface area contributed by atoms with E-state index in [1.54, 1.807) is 0 Å². The van der Waals surface area contributed by atoms with E-state index < -0.39 is 0 Å². The molecule has 0 amide bonds. The molecule has 0 aliphatic heterocycles. The molecule has 1 fully saturated rings. The molecule has 1 nitrogen and oxygen atoms in total. The number of fused-ring (bicyclic) bond motifs is 8. The third-order valence-electron chi connectivity index (χ3n) is 9.53. The maximum Gasteiger partial charge on any atom is 0.123 e. The van der Waals surface area contributed by atoms with Crippen LogP contribution >= 0.6 is 0 Å². The van der Waals surface area contributed by atoms with Crippen molar-refractivity contribution in [3.63, 3.8) is 0 Å². The fraction of sp³-hybridized carbons (Fsp3) is 0.316. The molecular weight excluding hydrogens is 472 g/mol. The second-order valence-electron chi connectivity index (χ2n) is 14.0. The van der Waals surface area contributed by atoms with Gasteiger partial charge in [-0.05, 0) is 111 Å². The van der Waals surface area contributed by atoms with Crippen molar-refractivity contribution in [2.75, 3.05) is 0 Å². The Kier molecular flexibility index (Phi) is 5.00. The minimum absolute atomic E-state index is 0.0875. The fourth-order valence-corrected chi connectivity index (χ4v) is 8.89. The fourth-order valence-electron chi connectivity index (χ4n) is 8.89. The summed E-state index contributed by atoms with van der Waals surface area (Å²) in [5.41, 5.74) is 10.8. The zero-order chi connectivity index (χ0) is 27.3. The smallest absolute Gasteiger partial charge is 0.123 e. The Bertz CT molecular complexity index is 1800. The van der Waals surface area contributed by atoms with Crippen LogP contribution in [0.4, 0.5) is 0 Å². The Hall–Kier alpha value is -3.58. The Labute approximate surface area is 232 Å². The Morgan fingerprint density at radius 2 is 1.31 bits per heavy atom. The number of benzene rings is 5. The summed E-state index contributed by atoms with van der Waals surface area (Å²) in [6.07, 6.45) is 3.42. The largest absolute Gasteiger partial charge is 0.507 e. The van der Waals surface area contributed by atoms with Gasteiger partial charge in [0, 0.05) is 10.8 Å². The molecule has 0 radical (unpaired) electrons. The standard InChI is InChI=1S/C38H38O/c1-23-14-15-28-32(16-23)38(21-36(3,4)20-37(5,6)22-38)33-19-34(39)30-18-29(24(2)17-31(30)35(28)33)27-13-9-11-25-10-7-8-12-26(25)27/h7-19,39H,20-22H2,1-6H3. The second kappa shape index (κ2) is 7.98. The third kappa shape index (κ3) is 3.59. The van der Waals surface area contributed by atoms with Crippen LogP contribution in [0.5, 0.6) is 5.75 Å². The van der Waals surface area contributed by atoms with Crippen molar-refractivity contribution in [2.24, 2.45) is 10.8 Å². The molecule has 5 aromatic rings. The highest BCUT2D eigenvalue weighted by Gasteiger charge is 2.53. The van der Waals surface area contributed by atoms with Crippen molar-refractivity contribution in [1.29, 1.82) is 0 Å². The SMILES string of the molecule is Cc1ccc2c(c1)C1(CC(C)(C)CC(C)(C)C1)c1cc(O)c3cc(-c4cccc5ccccc45)c(C)cc3c1-2. The van der Waals surface area contributed by atoms with Crippen LogP contribution in [-0.4, -0.2) is 5.11 Å². The first kappa shape index (κ1) is 24.5. The van der Waals surface area contributed by atoms with E-state index in [4.69, 9.17) is 0 Å². The number of phenols is 1. The van der Waals surface area contributed by atoms with Crippen molar-refractivity contribution in [3.05, 3.63) is 101 Å². The van der Waals surface area contributed by atoms with E-state index in [0.717, 1.165) is 18.2 Å². The summed E-state index contributed by atoms with van der Waals surface area (Å²) >= 11 is 0. The number of aryl methyl sites for hydroxylation is 2. The van der Waals surface area contributed by atoms with Crippen molar-refractivity contribution >= 4 is 21.5 Å². The second-order valence-corrected chi connectivity index (χ2v) is 14.0. The lowest BCUT2D eigenvalue weighted by Gasteiger charge is -2.51. The van der Waals surface area contributed by atoms with E-state index in [2.05, 4.69) is 120 Å². The van der Waals surface area contributed by atoms with Crippen LogP contribution in [0.15, 0.2) is 78.9 Å². The number of hydrogen-bond donors (Lipinski definition) is 1. The van der Waals surface area contributed by atoms with E-state index >= 15 is 0 Å². The molecule has 2 aliphatic carbocycles. The van der Waals surface area contributed by atoms with Crippen LogP contribution < -0.4 is 0 Å². The van der Waals surface area contributed by atoms with Gasteiger partial charge in [-0.2, -0.15) is 0 Å². The Morgan fingerprint density at radius 1 is 0.590 bits per heavy atom. The summed E-state index contributed by atoms with van der Waals surface area (Å²) in [4.78, 5) is 0. The molecule has 0 unspecified atom stereocenters. The first-order valence-corrected chi connectivity index (χ1v) is 14.4. The van der Waals surface area contributed by atoms with Gasteiger partial charge in [-0.3, -0.25) is 0 Å². The molecule has 0 saturated heterocycles. The lowest BCUT2D eigenvalue weighted by Crippen LogP contribution is -2.43. The zero-order valence-corrected chi connectivity index (χ0v) is 24.1. The molecular formula is C38H38O. The van der Waals surface area contributed by atoms with Gasteiger partial charge in [-0.15, -0.1) is 0 Å². The number of aromatic hydroxyl groups is 1. The molecule has 196 valence electrons. The van der Waals surface area contributed by atoms with Gasteiger partial charge >= 0.3 is 0 Å². The molecule has 0 heterocycles. The molecule has 1 heteroatoms. The molecule has 0 bridgehead atoms. The van der Waals surface area contributed by atoms with Gasteiger partial charge in [0.25, 0.3) is 0 Å². The number of rotatable bonds is 1. The lowest BCUT2D eigenvalue weighted by atomic mass is 9.52. The first-order chi connectivity index (χ1) is 18.5. The summed E-state index contributed by atoms with van der Waals surface area (Å²) in [6.45, 7) is 14.2. The highest BCUT2D eigenvalue weighted by atomic mass is 16.3. The zero-order valence-electron chi connectivity index (χ0n) is 24.1. The van der Waals surface area contributed by atoms with Crippen LogP contribution in [0.3, 0.4) is 0 Å². The van der Waals surface area contributed by atoms with Gasteiger partial charge in [0.15, 0.2) is 0 Å². The minimum Gasteiger partial charge on any atom is -0.507 e. The van der Waals surface area contributed by atoms with Gasteiger partial charge in [0.1, 0.15) is 5.75 Å². The first-order valence-electron chi connectivity index (χ1n) is 14.4. The van der Waals surface area contributed by atoms with Crippen LogP contribution in [0.1, 0.15) is 69.2 Å². The summed E-state index contributed by atoms with van der Waals surface area (Å²) in [5, 5.41) is 16.3. The quantitative estimate of drug-likeness (QED) is 0.238. The summed E-state index contributed by atoms with van der Waals surface area (Å²) < 4.78 is 0. The van der Waals surface area contributed by atoms with Crippen molar-refractivity contribution in [2.45, 2.75) is 66.2 Å². The maximum absolute atomic E-state index is 11.7. The number of hydrogen-bond acceptors (Lipinski definition) is 1. The molecule has 0 atom stereocenters. The minimum atomic E-state index is -0.0875. The maximum atomic E-state index is 11.7. The van der Waals surface area contributed by atoms with Crippen molar-refractivity contribution < 1.29 is 5.11 Å². The predicted octanol–water partition coefficient (Wildman–Crippen LogP) is 10.5. The van der Waals surface area contributed by atoms with E-state index in [1.165, 1.54) is 67.1 Å². The normalized spacial score (nSPS) is 18.4. The highest BCUT2D eigenvalue weighted by molar-refractivity contribution is 6.08. The molecule has 1 saturated carbocycles. The predicted molar refractivity (Wildman–Crippen MR) is 166 cm³/mol. The number of phenolic OH excluding ortho intramolecular Hbond substituents is 1. The molecule has 5 aromatic carbocycles. The molecule has 39 heavy (non-hydrogen) atoms. The molecule has 1 N–H and O–H groups in total. The van der Waals surface area contributed by atoms with Crippen molar-refractivity contribution in [3.8, 4) is 28.0 Å². The van der Waals surface area contributed by atoms with Gasteiger partial charge in [-0.1, -0.05) is 100.0 Å². The lowest BCUT2D eigenvalue weighted by molar-refractivity contribution is 0.0645. The average molecular weight is 511 g/mol.